The van der Waals surface area contributed by atoms with Gasteiger partial charge in [-0.2, -0.15) is 0 Å². The third-order valence-corrected chi connectivity index (χ3v) is 2.88. The molecular formula is C13H15NO2. The third kappa shape index (κ3) is 2.08. The van der Waals surface area contributed by atoms with Gasteiger partial charge in [-0.1, -0.05) is 18.2 Å². The van der Waals surface area contributed by atoms with E-state index >= 15 is 0 Å². The van der Waals surface area contributed by atoms with Crippen LogP contribution in [0.3, 0.4) is 0 Å². The number of carbonyl (C=O) groups is 1. The molecule has 84 valence electrons. The second kappa shape index (κ2) is 4.39. The Labute approximate surface area is 94.5 Å². The van der Waals surface area contributed by atoms with Gasteiger partial charge in [0.1, 0.15) is 0 Å². The summed E-state index contributed by atoms with van der Waals surface area (Å²) in [6, 6.07) is 3.91. The van der Waals surface area contributed by atoms with Crippen LogP contribution in [0.5, 0.6) is 0 Å². The van der Waals surface area contributed by atoms with Crippen LogP contribution in [-0.4, -0.2) is 16.1 Å². The van der Waals surface area contributed by atoms with Crippen LogP contribution in [0.2, 0.25) is 0 Å². The number of rotatable bonds is 4. The Balaban J connectivity index is 2.21. The highest BCUT2D eigenvalue weighted by Gasteiger charge is 2.45. The number of carboxylic acids is 1. The van der Waals surface area contributed by atoms with Gasteiger partial charge in [-0.25, -0.2) is 0 Å². The number of aliphatic carboxylic acids is 1. The lowest BCUT2D eigenvalue weighted by Gasteiger charge is -2.02. The van der Waals surface area contributed by atoms with E-state index in [0.717, 1.165) is 17.7 Å². The van der Waals surface area contributed by atoms with Crippen molar-refractivity contribution in [2.24, 2.45) is 11.8 Å². The first-order chi connectivity index (χ1) is 7.74. The van der Waals surface area contributed by atoms with Crippen molar-refractivity contribution in [2.75, 3.05) is 0 Å². The van der Waals surface area contributed by atoms with E-state index in [-0.39, 0.29) is 11.8 Å². The predicted octanol–water partition coefficient (Wildman–Crippen LogP) is 2.69. The van der Waals surface area contributed by atoms with Crippen molar-refractivity contribution in [3.8, 4) is 0 Å². The Morgan fingerprint density at radius 3 is 2.88 bits per heavy atom. The summed E-state index contributed by atoms with van der Waals surface area (Å²) >= 11 is 0. The molecule has 3 heteroatoms. The Bertz CT molecular complexity index is 429. The second-order valence-corrected chi connectivity index (χ2v) is 4.02. The van der Waals surface area contributed by atoms with Gasteiger partial charge in [-0.15, -0.1) is 0 Å². The number of allylic oxidation sites excluding steroid dienone is 4. The lowest BCUT2D eigenvalue weighted by molar-refractivity contribution is -0.138. The molecular weight excluding hydrogens is 202 g/mol. The van der Waals surface area contributed by atoms with E-state index in [4.69, 9.17) is 5.11 Å². The van der Waals surface area contributed by atoms with Crippen molar-refractivity contribution in [2.45, 2.75) is 13.3 Å². The highest BCUT2D eigenvalue weighted by atomic mass is 16.4. The number of nitrogens with one attached hydrogen (secondary N) is 1. The zero-order chi connectivity index (χ0) is 11.5. The van der Waals surface area contributed by atoms with E-state index in [1.807, 2.05) is 43.5 Å². The fourth-order valence-electron chi connectivity index (χ4n) is 1.93. The molecule has 0 saturated heterocycles. The minimum absolute atomic E-state index is 0.160. The monoisotopic (exact) mass is 217 g/mol. The van der Waals surface area contributed by atoms with Crippen molar-refractivity contribution < 1.29 is 9.90 Å². The van der Waals surface area contributed by atoms with Crippen molar-refractivity contribution >= 4 is 11.5 Å². The first kappa shape index (κ1) is 10.7. The number of aromatic nitrogens is 1. The highest BCUT2D eigenvalue weighted by molar-refractivity contribution is 5.81. The number of aromatic amines is 1. The van der Waals surface area contributed by atoms with Gasteiger partial charge in [0.05, 0.1) is 5.92 Å². The molecule has 0 aliphatic heterocycles. The van der Waals surface area contributed by atoms with Crippen molar-refractivity contribution in [1.29, 1.82) is 0 Å². The normalized spacial score (nSPS) is 24.9. The van der Waals surface area contributed by atoms with Gasteiger partial charge in [0, 0.05) is 17.8 Å². The maximum atomic E-state index is 10.9. The van der Waals surface area contributed by atoms with Crippen molar-refractivity contribution in [1.82, 2.24) is 4.98 Å². The molecule has 2 rings (SSSR count). The van der Waals surface area contributed by atoms with Gasteiger partial charge in [0.15, 0.2) is 0 Å². The SMILES string of the molecule is CC=CC=C(c1ccc[nH]1)C1CC1C(=O)O. The molecule has 1 aliphatic carbocycles. The average molecular weight is 217 g/mol. The Hall–Kier alpha value is -1.77. The molecule has 2 unspecified atom stereocenters. The van der Waals surface area contributed by atoms with Gasteiger partial charge < -0.3 is 10.1 Å². The summed E-state index contributed by atoms with van der Waals surface area (Å²) in [5.74, 6) is -0.741. The maximum absolute atomic E-state index is 10.9. The van der Waals surface area contributed by atoms with Crippen LogP contribution in [-0.2, 0) is 4.79 Å². The van der Waals surface area contributed by atoms with E-state index in [0.29, 0.717) is 0 Å². The average Bonchev–Trinajstić information content (AvgIpc) is 2.86. The lowest BCUT2D eigenvalue weighted by atomic mass is 10.1. The predicted molar refractivity (Wildman–Crippen MR) is 62.8 cm³/mol. The number of carboxylic acid groups (broad SMARTS) is 1. The fraction of sp³-hybridized carbons (Fsp3) is 0.308. The summed E-state index contributed by atoms with van der Waals surface area (Å²) in [5.41, 5.74) is 2.11. The van der Waals surface area contributed by atoms with Gasteiger partial charge in [0.2, 0.25) is 0 Å². The van der Waals surface area contributed by atoms with Crippen molar-refractivity contribution in [3.05, 3.63) is 42.3 Å². The van der Waals surface area contributed by atoms with Gasteiger partial charge >= 0.3 is 5.97 Å². The Morgan fingerprint density at radius 1 is 1.56 bits per heavy atom. The molecule has 0 bridgehead atoms. The molecule has 1 aromatic rings. The summed E-state index contributed by atoms with van der Waals surface area (Å²) in [6.07, 6.45) is 8.50. The minimum atomic E-state index is -0.692. The Morgan fingerprint density at radius 2 is 2.38 bits per heavy atom. The first-order valence-electron chi connectivity index (χ1n) is 5.43. The van der Waals surface area contributed by atoms with Gasteiger partial charge in [-0.3, -0.25) is 4.79 Å². The molecule has 16 heavy (non-hydrogen) atoms. The van der Waals surface area contributed by atoms with E-state index in [9.17, 15) is 4.79 Å². The third-order valence-electron chi connectivity index (χ3n) is 2.88. The quantitative estimate of drug-likeness (QED) is 0.762. The molecule has 1 aromatic heterocycles. The van der Waals surface area contributed by atoms with E-state index in [2.05, 4.69) is 4.98 Å². The minimum Gasteiger partial charge on any atom is -0.481 e. The Kier molecular flexibility index (Phi) is 2.95. The lowest BCUT2D eigenvalue weighted by Crippen LogP contribution is -2.00. The molecule has 1 fully saturated rings. The summed E-state index contributed by atoms with van der Waals surface area (Å²) in [6.45, 7) is 1.95. The molecule has 1 aliphatic rings. The topological polar surface area (TPSA) is 53.1 Å². The standard InChI is InChI=1S/C13H15NO2/c1-2-3-5-9(12-6-4-7-14-12)10-8-11(10)13(15)16/h2-7,10-11,14H,8H2,1H3,(H,15,16). The zero-order valence-electron chi connectivity index (χ0n) is 9.18. The molecule has 0 amide bonds. The molecule has 1 heterocycles. The summed E-state index contributed by atoms with van der Waals surface area (Å²) in [7, 11) is 0. The van der Waals surface area contributed by atoms with Crippen LogP contribution in [0.25, 0.3) is 5.57 Å². The summed E-state index contributed by atoms with van der Waals surface area (Å²) in [4.78, 5) is 14.0. The molecule has 2 atom stereocenters. The second-order valence-electron chi connectivity index (χ2n) is 4.02. The molecule has 0 radical (unpaired) electrons. The van der Waals surface area contributed by atoms with E-state index in [1.54, 1.807) is 0 Å². The smallest absolute Gasteiger partial charge is 0.307 e. The fourth-order valence-corrected chi connectivity index (χ4v) is 1.93. The van der Waals surface area contributed by atoms with Gasteiger partial charge in [0.25, 0.3) is 0 Å². The molecule has 2 N–H and O–H groups in total. The number of H-pyrrole nitrogens is 1. The van der Waals surface area contributed by atoms with Crippen molar-refractivity contribution in [3.63, 3.8) is 0 Å². The van der Waals surface area contributed by atoms with Crippen LogP contribution in [0.4, 0.5) is 0 Å². The van der Waals surface area contributed by atoms with E-state index < -0.39 is 5.97 Å². The highest BCUT2D eigenvalue weighted by Crippen LogP contribution is 2.47. The van der Waals surface area contributed by atoms with Crippen LogP contribution in [0.1, 0.15) is 19.0 Å². The zero-order valence-corrected chi connectivity index (χ0v) is 9.18. The molecule has 3 nitrogen and oxygen atoms in total. The van der Waals surface area contributed by atoms with Crippen LogP contribution < -0.4 is 0 Å². The van der Waals surface area contributed by atoms with E-state index in [1.165, 1.54) is 0 Å². The van der Waals surface area contributed by atoms with Crippen LogP contribution in [0.15, 0.2) is 36.6 Å². The van der Waals surface area contributed by atoms with Gasteiger partial charge in [-0.05, 0) is 31.1 Å². The largest absolute Gasteiger partial charge is 0.481 e. The summed E-state index contributed by atoms with van der Waals surface area (Å²) < 4.78 is 0. The molecule has 0 spiro atoms. The number of hydrogen-bond acceptors (Lipinski definition) is 1. The molecule has 0 aromatic carbocycles. The summed E-state index contributed by atoms with van der Waals surface area (Å²) in [5, 5.41) is 8.94. The molecule has 1 saturated carbocycles. The van der Waals surface area contributed by atoms with Crippen LogP contribution >= 0.6 is 0 Å². The van der Waals surface area contributed by atoms with Crippen LogP contribution in [0, 0.1) is 11.8 Å². The maximum Gasteiger partial charge on any atom is 0.307 e. The number of hydrogen-bond donors (Lipinski definition) is 2. The first-order valence-corrected chi connectivity index (χ1v) is 5.43.